The van der Waals surface area contributed by atoms with Gasteiger partial charge < -0.3 is 10.2 Å². The van der Waals surface area contributed by atoms with Gasteiger partial charge in [-0.15, -0.1) is 0 Å². The van der Waals surface area contributed by atoms with Gasteiger partial charge in [0.1, 0.15) is 0 Å². The van der Waals surface area contributed by atoms with Gasteiger partial charge in [0, 0.05) is 0 Å². The lowest BCUT2D eigenvalue weighted by Gasteiger charge is -2.31. The molecule has 1 heterocycles. The van der Waals surface area contributed by atoms with Crippen molar-refractivity contribution in [1.82, 2.24) is 4.31 Å². The van der Waals surface area contributed by atoms with Crippen LogP contribution < -0.4 is 10.2 Å². The van der Waals surface area contributed by atoms with E-state index in [9.17, 15) is 13.2 Å². The highest BCUT2D eigenvalue weighted by Crippen LogP contribution is 2.21. The van der Waals surface area contributed by atoms with Crippen LogP contribution in [0, 0.1) is 13.8 Å². The molecule has 0 atom stereocenters. The molecule has 1 aliphatic rings. The first-order valence-corrected chi connectivity index (χ1v) is 11.0. The molecule has 0 spiro atoms. The minimum atomic E-state index is -3.52. The summed E-state index contributed by atoms with van der Waals surface area (Å²) >= 11 is 6.07. The van der Waals surface area contributed by atoms with Gasteiger partial charge in [-0.2, -0.15) is 4.31 Å². The van der Waals surface area contributed by atoms with Crippen LogP contribution in [0.1, 0.15) is 11.1 Å². The van der Waals surface area contributed by atoms with Crippen LogP contribution in [0.4, 0.5) is 5.69 Å². The summed E-state index contributed by atoms with van der Waals surface area (Å²) in [6.07, 6.45) is 0. The Morgan fingerprint density at radius 3 is 2.50 bits per heavy atom. The van der Waals surface area contributed by atoms with Crippen molar-refractivity contribution in [3.63, 3.8) is 0 Å². The Hall–Kier alpha value is -1.93. The molecule has 0 radical (unpaired) electrons. The Bertz CT molecular complexity index is 970. The Labute approximate surface area is 171 Å². The van der Waals surface area contributed by atoms with Crippen LogP contribution >= 0.6 is 11.6 Å². The topological polar surface area (TPSA) is 70.9 Å². The van der Waals surface area contributed by atoms with E-state index in [1.807, 2.05) is 32.0 Å². The molecule has 0 bridgehead atoms. The third-order valence-electron chi connectivity index (χ3n) is 4.95. The fraction of sp³-hybridized carbons (Fsp3) is 0.350. The standard InChI is InChI=1S/C20H24ClN3O3S/c1-15-7-8-16(2)19(13-15)28(26,27)24-11-9-23(10-12-24)14-20(25)22-18-6-4-3-5-17(18)21/h3-8,13H,9-12,14H2,1-2H3,(H,22,25)/p+1. The Morgan fingerprint density at radius 1 is 1.14 bits per heavy atom. The number of nitrogens with zero attached hydrogens (tertiary/aromatic N) is 1. The van der Waals surface area contributed by atoms with E-state index in [0.717, 1.165) is 16.0 Å². The molecule has 0 unspecified atom stereocenters. The van der Waals surface area contributed by atoms with E-state index in [2.05, 4.69) is 5.32 Å². The Balaban J connectivity index is 1.59. The van der Waals surface area contributed by atoms with E-state index >= 15 is 0 Å². The lowest BCUT2D eigenvalue weighted by atomic mass is 10.2. The quantitative estimate of drug-likeness (QED) is 0.766. The SMILES string of the molecule is Cc1ccc(C)c(S(=O)(=O)N2CC[NH+](CC(=O)Nc3ccccc3Cl)CC2)c1. The molecule has 150 valence electrons. The van der Waals surface area contributed by atoms with Crippen LogP contribution in [0.5, 0.6) is 0 Å². The molecule has 3 rings (SSSR count). The predicted octanol–water partition coefficient (Wildman–Crippen LogP) is 1.48. The molecule has 8 heteroatoms. The largest absolute Gasteiger partial charge is 0.325 e. The molecule has 2 N–H and O–H groups in total. The number of benzene rings is 2. The molecule has 2 aromatic carbocycles. The van der Waals surface area contributed by atoms with Gasteiger partial charge >= 0.3 is 0 Å². The number of para-hydroxylation sites is 1. The fourth-order valence-corrected chi connectivity index (χ4v) is 5.26. The first-order chi connectivity index (χ1) is 13.3. The number of carbonyl (C=O) groups is 1. The van der Waals surface area contributed by atoms with Crippen LogP contribution in [-0.2, 0) is 14.8 Å². The third-order valence-corrected chi connectivity index (χ3v) is 7.32. The fourth-order valence-electron chi connectivity index (χ4n) is 3.33. The van der Waals surface area contributed by atoms with Crippen LogP contribution in [0.2, 0.25) is 5.02 Å². The lowest BCUT2D eigenvalue weighted by molar-refractivity contribution is -0.895. The second-order valence-electron chi connectivity index (χ2n) is 7.13. The third kappa shape index (κ3) is 4.72. The second kappa shape index (κ2) is 8.61. The number of carbonyl (C=O) groups excluding carboxylic acids is 1. The maximum absolute atomic E-state index is 13.0. The van der Waals surface area contributed by atoms with Crippen molar-refractivity contribution in [1.29, 1.82) is 0 Å². The van der Waals surface area contributed by atoms with Gasteiger partial charge in [-0.25, -0.2) is 8.42 Å². The normalized spacial score (nSPS) is 16.1. The van der Waals surface area contributed by atoms with Gasteiger partial charge in [0.25, 0.3) is 5.91 Å². The van der Waals surface area contributed by atoms with Gasteiger partial charge in [0.2, 0.25) is 10.0 Å². The summed E-state index contributed by atoms with van der Waals surface area (Å²) < 4.78 is 27.5. The van der Waals surface area contributed by atoms with Crippen molar-refractivity contribution in [2.45, 2.75) is 18.7 Å². The number of quaternary nitrogens is 1. The number of anilines is 1. The highest BCUT2D eigenvalue weighted by atomic mass is 35.5. The van der Waals surface area contributed by atoms with Gasteiger partial charge in [-0.05, 0) is 43.2 Å². The number of sulfonamides is 1. The van der Waals surface area contributed by atoms with E-state index in [0.29, 0.717) is 41.8 Å². The van der Waals surface area contributed by atoms with Crippen LogP contribution in [0.15, 0.2) is 47.4 Å². The average Bonchev–Trinajstić information content (AvgIpc) is 2.66. The number of rotatable bonds is 5. The zero-order valence-electron chi connectivity index (χ0n) is 16.0. The molecule has 6 nitrogen and oxygen atoms in total. The van der Waals surface area contributed by atoms with E-state index in [1.165, 1.54) is 4.31 Å². The zero-order chi connectivity index (χ0) is 20.3. The van der Waals surface area contributed by atoms with Crippen molar-refractivity contribution in [3.05, 3.63) is 58.6 Å². The second-order valence-corrected chi connectivity index (χ2v) is 9.44. The molecule has 28 heavy (non-hydrogen) atoms. The molecule has 0 aliphatic carbocycles. The smallest absolute Gasteiger partial charge is 0.279 e. The van der Waals surface area contributed by atoms with Crippen molar-refractivity contribution in [2.24, 2.45) is 0 Å². The highest BCUT2D eigenvalue weighted by Gasteiger charge is 2.32. The monoisotopic (exact) mass is 422 g/mol. The molecule has 0 saturated carbocycles. The number of nitrogens with one attached hydrogen (secondary N) is 2. The lowest BCUT2D eigenvalue weighted by Crippen LogP contribution is -3.15. The first-order valence-electron chi connectivity index (χ1n) is 9.23. The zero-order valence-corrected chi connectivity index (χ0v) is 17.6. The van der Waals surface area contributed by atoms with Gasteiger partial charge in [0.05, 0.1) is 41.8 Å². The summed E-state index contributed by atoms with van der Waals surface area (Å²) in [7, 11) is -3.52. The molecular weight excluding hydrogens is 398 g/mol. The van der Waals surface area contributed by atoms with Gasteiger partial charge in [-0.1, -0.05) is 35.9 Å². The summed E-state index contributed by atoms with van der Waals surface area (Å²) in [5, 5.41) is 3.31. The summed E-state index contributed by atoms with van der Waals surface area (Å²) in [6, 6.07) is 12.6. The first kappa shape index (κ1) is 20.8. The molecular formula is C20H25ClN3O3S+. The minimum absolute atomic E-state index is 0.131. The van der Waals surface area contributed by atoms with Crippen molar-refractivity contribution < 1.29 is 18.1 Å². The number of halogens is 1. The van der Waals surface area contributed by atoms with Crippen LogP contribution in [0.25, 0.3) is 0 Å². The number of hydrogen-bond acceptors (Lipinski definition) is 3. The van der Waals surface area contributed by atoms with Crippen LogP contribution in [0.3, 0.4) is 0 Å². The summed E-state index contributed by atoms with van der Waals surface area (Å²) in [5.41, 5.74) is 2.26. The Kier molecular flexibility index (Phi) is 6.40. The molecule has 0 aromatic heterocycles. The maximum Gasteiger partial charge on any atom is 0.279 e. The average molecular weight is 423 g/mol. The van der Waals surface area contributed by atoms with Crippen molar-refractivity contribution in [3.8, 4) is 0 Å². The number of amides is 1. The number of piperazine rings is 1. The van der Waals surface area contributed by atoms with E-state index in [4.69, 9.17) is 11.6 Å². The predicted molar refractivity (Wildman–Crippen MR) is 110 cm³/mol. The van der Waals surface area contributed by atoms with E-state index in [-0.39, 0.29) is 12.5 Å². The van der Waals surface area contributed by atoms with E-state index < -0.39 is 10.0 Å². The van der Waals surface area contributed by atoms with Crippen molar-refractivity contribution >= 4 is 33.2 Å². The molecule has 1 aliphatic heterocycles. The molecule has 1 fully saturated rings. The molecule has 1 saturated heterocycles. The van der Waals surface area contributed by atoms with Gasteiger partial charge in [-0.3, -0.25) is 4.79 Å². The molecule has 2 aromatic rings. The van der Waals surface area contributed by atoms with Gasteiger partial charge in [0.15, 0.2) is 6.54 Å². The molecule has 1 amide bonds. The number of aryl methyl sites for hydroxylation is 2. The number of hydrogen-bond donors (Lipinski definition) is 2. The van der Waals surface area contributed by atoms with E-state index in [1.54, 1.807) is 24.3 Å². The Morgan fingerprint density at radius 2 is 1.82 bits per heavy atom. The minimum Gasteiger partial charge on any atom is -0.325 e. The summed E-state index contributed by atoms with van der Waals surface area (Å²) in [4.78, 5) is 13.7. The maximum atomic E-state index is 13.0. The van der Waals surface area contributed by atoms with Crippen LogP contribution in [-0.4, -0.2) is 51.4 Å². The van der Waals surface area contributed by atoms with Crippen molar-refractivity contribution in [2.75, 3.05) is 38.0 Å². The highest BCUT2D eigenvalue weighted by molar-refractivity contribution is 7.89. The summed E-state index contributed by atoms with van der Waals surface area (Å²) in [6.45, 7) is 5.93. The summed E-state index contributed by atoms with van der Waals surface area (Å²) in [5.74, 6) is -0.131.